The molecule has 0 aliphatic heterocycles. The van der Waals surface area contributed by atoms with Crippen molar-refractivity contribution in [3.63, 3.8) is 0 Å². The van der Waals surface area contributed by atoms with Crippen LogP contribution in [0.25, 0.3) is 0 Å². The van der Waals surface area contributed by atoms with Gasteiger partial charge in [0, 0.05) is 89.8 Å². The van der Waals surface area contributed by atoms with Crippen LogP contribution in [0.4, 0.5) is 28.4 Å². The van der Waals surface area contributed by atoms with Gasteiger partial charge >= 0.3 is 5.97 Å². The van der Waals surface area contributed by atoms with Gasteiger partial charge < -0.3 is 42.0 Å². The van der Waals surface area contributed by atoms with Crippen LogP contribution in [-0.4, -0.2) is 75.8 Å². The van der Waals surface area contributed by atoms with Crippen LogP contribution in [0.2, 0.25) is 0 Å². The zero-order chi connectivity index (χ0) is 40.5. The number of anilines is 1. The van der Waals surface area contributed by atoms with Crippen molar-refractivity contribution in [2.45, 2.75) is 58.0 Å². The third kappa shape index (κ3) is 18.1. The van der Waals surface area contributed by atoms with Gasteiger partial charge in [-0.15, -0.1) is 5.11 Å². The van der Waals surface area contributed by atoms with Gasteiger partial charge in [-0.3, -0.25) is 19.4 Å². The van der Waals surface area contributed by atoms with Crippen molar-refractivity contribution in [2.75, 3.05) is 51.9 Å². The van der Waals surface area contributed by atoms with Crippen LogP contribution >= 0.6 is 0 Å². The molecule has 0 saturated carbocycles. The van der Waals surface area contributed by atoms with Gasteiger partial charge in [0.25, 0.3) is 0 Å². The molecule has 0 aliphatic carbocycles. The van der Waals surface area contributed by atoms with Gasteiger partial charge in [-0.05, 0) is 74.8 Å². The molecule has 2 unspecified atom stereocenters. The van der Waals surface area contributed by atoms with E-state index in [9.17, 15) is 14.4 Å². The number of carbonyl (C=O) groups is 3. The Morgan fingerprint density at radius 2 is 1.60 bits per heavy atom. The molecule has 16 heteroatoms. The number of azo groups is 2. The minimum absolute atomic E-state index is 0. The molecular weight excluding hydrogens is 779 g/mol. The molecule has 0 aliphatic rings. The monoisotopic (exact) mass is 834 g/mol. The average molecular weight is 835 g/mol. The number of carbonyl (C=O) groups excluding carboxylic acids is 3. The number of amides is 2. The third-order valence-corrected chi connectivity index (χ3v) is 7.76. The Labute approximate surface area is 351 Å². The Bertz CT molecular complexity index is 1740. The predicted molar refractivity (Wildman–Crippen MR) is 208 cm³/mol. The summed E-state index contributed by atoms with van der Waals surface area (Å²) >= 11 is 0. The van der Waals surface area contributed by atoms with Gasteiger partial charge in [-0.25, -0.2) is 0 Å². The van der Waals surface area contributed by atoms with Crippen molar-refractivity contribution < 1.29 is 64.0 Å². The zero-order valence-corrected chi connectivity index (χ0v) is 34.5. The van der Waals surface area contributed by atoms with E-state index in [1.165, 1.54) is 0 Å². The summed E-state index contributed by atoms with van der Waals surface area (Å²) in [5.41, 5.74) is 3.46. The number of rotatable bonds is 25. The van der Waals surface area contributed by atoms with E-state index in [1.54, 1.807) is 49.8 Å². The summed E-state index contributed by atoms with van der Waals surface area (Å²) in [4.78, 5) is 42.5. The number of unbranched alkanes of at least 4 members (excludes halogenated alkanes) is 2. The van der Waals surface area contributed by atoms with Crippen molar-refractivity contribution in [1.29, 1.82) is 0 Å². The minimum atomic E-state index is -1.57. The minimum Gasteiger partial charge on any atom is -0.494 e. The molecule has 3 rings (SSSR count). The standard InChI is InChI=1S/C39H52N9O6.Y/c1-6-22-42-38(50)18-19-39(51)54-34(28-52-4)27-43-37(49)11-9-8-10-23-41-29(3)48(7-2)33-15-12-30(13-16-33)44-46-32-14-17-35(36(26-32)53-5)47-45-31-20-24-40-25-21-31;/h12-17,20-21,24-26,34,41H,1,3,6-11,18-19,22-23,27-28H2,2,4-5H3,(H,42,50)(H,43,49);/q-1;/i4TD;. The molecule has 0 fully saturated rings. The van der Waals surface area contributed by atoms with Crippen LogP contribution in [-0.2, 0) is 56.6 Å². The molecule has 2 atom stereocenters. The summed E-state index contributed by atoms with van der Waals surface area (Å²) in [6, 6.07) is 16.5. The Hall–Kier alpha value is -4.60. The quantitative estimate of drug-likeness (QED) is 0.0346. The first-order chi connectivity index (χ1) is 27.1. The van der Waals surface area contributed by atoms with Gasteiger partial charge in [-0.2, -0.15) is 21.8 Å². The maximum atomic E-state index is 12.5. The summed E-state index contributed by atoms with van der Waals surface area (Å²) in [5, 5.41) is 25.9. The molecule has 3 aromatic rings. The molecule has 1 aromatic heterocycles. The molecule has 3 N–H and O–H groups in total. The topological polar surface area (TPSA) is 181 Å². The van der Waals surface area contributed by atoms with Gasteiger partial charge in [0.05, 0.1) is 52.3 Å². The van der Waals surface area contributed by atoms with Crippen LogP contribution in [0, 0.1) is 6.92 Å². The van der Waals surface area contributed by atoms with E-state index in [0.717, 1.165) is 24.4 Å². The van der Waals surface area contributed by atoms with Gasteiger partial charge in [0.15, 0.2) is 0 Å². The molecule has 2 aromatic carbocycles. The molecule has 1 radical (unpaired) electrons. The number of hydrogen-bond donors (Lipinski definition) is 3. The smallest absolute Gasteiger partial charge is 0.306 e. The number of ether oxygens (including phenoxy) is 3. The van der Waals surface area contributed by atoms with Crippen molar-refractivity contribution in [1.82, 2.24) is 20.9 Å². The van der Waals surface area contributed by atoms with Crippen molar-refractivity contribution in [2.24, 2.45) is 20.5 Å². The molecule has 0 saturated heterocycles. The third-order valence-electron chi connectivity index (χ3n) is 7.76. The number of nitrogens with zero attached hydrogens (tertiary/aromatic N) is 6. The number of benzene rings is 2. The van der Waals surface area contributed by atoms with Crippen molar-refractivity contribution >= 4 is 46.2 Å². The fourth-order valence-corrected chi connectivity index (χ4v) is 4.93. The molecule has 2 amide bonds. The molecule has 0 bridgehead atoms. The van der Waals surface area contributed by atoms with Crippen LogP contribution < -0.4 is 25.6 Å². The molecular formula is C39H52N9O6Y-. The van der Waals surface area contributed by atoms with E-state index in [0.29, 0.717) is 61.0 Å². The SMILES string of the molecule is [2H]C([3H])OCC(CNC(=O)CCCCCNC(=C)N(CC)c1ccc(N=Nc2ccc(N=Nc3ccncc3)c(OC)c2)cc1)OC(=O)CCC(=O)NCC[CH2-].[Y]. The molecule has 1 heterocycles. The second kappa shape index (κ2) is 27.1. The number of esters is 1. The van der Waals surface area contributed by atoms with Crippen LogP contribution in [0.3, 0.4) is 0 Å². The van der Waals surface area contributed by atoms with Gasteiger partial charge in [-0.1, -0.05) is 13.0 Å². The Kier molecular flexibility index (Phi) is 21.2. The van der Waals surface area contributed by atoms with E-state index < -0.39 is 19.1 Å². The van der Waals surface area contributed by atoms with Crippen LogP contribution in [0.15, 0.2) is 99.8 Å². The summed E-state index contributed by atoms with van der Waals surface area (Å²) in [6.45, 7) is 11.4. The molecule has 293 valence electrons. The summed E-state index contributed by atoms with van der Waals surface area (Å²) in [7, 11) is -0.00769. The fraction of sp³-hybridized carbons (Fsp3) is 0.410. The van der Waals surface area contributed by atoms with E-state index >= 15 is 0 Å². The summed E-state index contributed by atoms with van der Waals surface area (Å²) < 4.78 is 30.2. The van der Waals surface area contributed by atoms with E-state index in [-0.39, 0.29) is 76.9 Å². The first-order valence-electron chi connectivity index (χ1n) is 19.0. The van der Waals surface area contributed by atoms with Crippen LogP contribution in [0.5, 0.6) is 5.75 Å². The average Bonchev–Trinajstić information content (AvgIpc) is 3.21. The van der Waals surface area contributed by atoms with Crippen molar-refractivity contribution in [3.8, 4) is 5.75 Å². The maximum Gasteiger partial charge on any atom is 0.306 e. The second-order valence-corrected chi connectivity index (χ2v) is 11.9. The molecule has 15 nitrogen and oxygen atoms in total. The van der Waals surface area contributed by atoms with Gasteiger partial charge in [0.1, 0.15) is 17.5 Å². The number of pyridine rings is 1. The Morgan fingerprint density at radius 1 is 0.909 bits per heavy atom. The van der Waals surface area contributed by atoms with E-state index in [1.807, 2.05) is 36.1 Å². The fourth-order valence-electron chi connectivity index (χ4n) is 4.93. The first-order valence-corrected chi connectivity index (χ1v) is 17.8. The number of aromatic nitrogens is 1. The Morgan fingerprint density at radius 3 is 2.31 bits per heavy atom. The summed E-state index contributed by atoms with van der Waals surface area (Å²) in [5.74, 6) is 0.118. The Balaban J connectivity index is 0.0000112. The number of methoxy groups -OCH3 is 2. The molecule has 0 spiro atoms. The van der Waals surface area contributed by atoms with Gasteiger partial charge in [0.2, 0.25) is 11.8 Å². The number of nitrogens with one attached hydrogen (secondary N) is 3. The van der Waals surface area contributed by atoms with Crippen LogP contribution in [0.1, 0.15) is 54.6 Å². The predicted octanol–water partition coefficient (Wildman–Crippen LogP) is 7.16. The second-order valence-electron chi connectivity index (χ2n) is 11.9. The maximum absolute atomic E-state index is 12.5. The first kappa shape index (κ1) is 43.1. The van der Waals surface area contributed by atoms with Crippen molar-refractivity contribution in [3.05, 3.63) is 86.3 Å². The summed E-state index contributed by atoms with van der Waals surface area (Å²) in [6.07, 6.45) is 5.28. The van der Waals surface area contributed by atoms with E-state index in [4.69, 9.17) is 17.0 Å². The zero-order valence-electron chi connectivity index (χ0n) is 33.6. The number of hydrogen-bond acceptors (Lipinski definition) is 13. The normalized spacial score (nSPS) is 12.5. The largest absolute Gasteiger partial charge is 0.494 e. The molecule has 55 heavy (non-hydrogen) atoms. The van der Waals surface area contributed by atoms with E-state index in [2.05, 4.69) is 54.9 Å².